The summed E-state index contributed by atoms with van der Waals surface area (Å²) in [7, 11) is 0. The molecule has 0 radical (unpaired) electrons. The second-order valence-corrected chi connectivity index (χ2v) is 17.1. The minimum atomic E-state index is -2.32. The van der Waals surface area contributed by atoms with E-state index in [4.69, 9.17) is 24.7 Å². The van der Waals surface area contributed by atoms with Gasteiger partial charge in [-0.3, -0.25) is 9.59 Å². The summed E-state index contributed by atoms with van der Waals surface area (Å²) in [6, 6.07) is -1.13. The van der Waals surface area contributed by atoms with Gasteiger partial charge >= 0.3 is 11.9 Å². The Morgan fingerprint density at radius 3 is 1.86 bits per heavy atom. The molecule has 0 saturated carbocycles. The van der Waals surface area contributed by atoms with E-state index < -0.39 is 141 Å². The number of carbonyl (C=O) groups is 2. The van der Waals surface area contributed by atoms with Crippen molar-refractivity contribution in [1.29, 1.82) is 0 Å². The predicted molar refractivity (Wildman–Crippen MR) is 232 cm³/mol. The van der Waals surface area contributed by atoms with Crippen molar-refractivity contribution < 1.29 is 84.7 Å². The highest BCUT2D eigenvalue weighted by Gasteiger charge is 2.50. The lowest BCUT2D eigenvalue weighted by molar-refractivity contribution is -0.305. The van der Waals surface area contributed by atoms with Crippen LogP contribution in [0.5, 0.6) is 0 Å². The fourth-order valence-corrected chi connectivity index (χ4v) is 7.72. The van der Waals surface area contributed by atoms with Crippen molar-refractivity contribution in [3.63, 3.8) is 0 Å². The second kappa shape index (κ2) is 27.3. The van der Waals surface area contributed by atoms with E-state index in [-0.39, 0.29) is 38.2 Å². The number of fused-ring (bicyclic) bond motifs is 2. The fraction of sp³-hybridized carbons (Fsp3) is 0.652. The van der Waals surface area contributed by atoms with Gasteiger partial charge in [0.25, 0.3) is 0 Å². The van der Waals surface area contributed by atoms with Gasteiger partial charge in [0.15, 0.2) is 12.1 Å². The maximum absolute atomic E-state index is 12.6. The van der Waals surface area contributed by atoms with E-state index in [1.807, 2.05) is 19.1 Å². The quantitative estimate of drug-likeness (QED) is 0.170. The van der Waals surface area contributed by atoms with Crippen LogP contribution in [0.1, 0.15) is 72.1 Å². The van der Waals surface area contributed by atoms with Crippen molar-refractivity contribution in [2.24, 2.45) is 23.5 Å². The third-order valence-electron chi connectivity index (χ3n) is 11.7. The maximum atomic E-state index is 12.6. The van der Waals surface area contributed by atoms with Crippen molar-refractivity contribution in [2.75, 3.05) is 6.61 Å². The van der Waals surface area contributed by atoms with Gasteiger partial charge in [0.05, 0.1) is 80.1 Å². The molecule has 3 rings (SSSR count). The zero-order chi connectivity index (χ0) is 47.6. The van der Waals surface area contributed by atoms with Gasteiger partial charge in [-0.2, -0.15) is 0 Å². The Morgan fingerprint density at radius 1 is 0.688 bits per heavy atom. The van der Waals surface area contributed by atoms with Crippen LogP contribution in [0.4, 0.5) is 0 Å². The standard InChI is InChI=1S/C46H71NO17/c1-27-16-14-12-10-8-6-4-5-7-9-11-13-15-17-33(63-45-43(57)41(47)37(54)26-61-45)23-38-40(44(58)59)36(53)25-46(60,64-38)24-32(50)21-35(52)34(51)19-18-30(48)20-31(49)22-39(55)62-29(3)28(2)42(27)56/h4-17,27-38,40-43,45,48-54,56-57,60H,18-26,47H2,1-3H3,(H,58,59)/b5-4+,8-6+,9-7+,12-10+,13-11+,16-14+,17-15+/t27-,28-,29-,30?,31?,32-,33?,34?,35+,36-,37+,38-,40+,41-,42+,43+,45-,46?/m0/s1. The van der Waals surface area contributed by atoms with Gasteiger partial charge in [-0.25, -0.2) is 0 Å². The summed E-state index contributed by atoms with van der Waals surface area (Å²) in [6.45, 7) is 4.95. The van der Waals surface area contributed by atoms with E-state index in [1.165, 1.54) is 6.08 Å². The average Bonchev–Trinajstić information content (AvgIpc) is 3.21. The SMILES string of the molecule is C[C@@H]1[C@H](O)[C@@H](C)/C=C/C=C/C=C/C=C/C=C/C=C/C=C/C(O[C@@H]2OC[C@@H](O)[C@H](N)[C@H]2O)C[C@@H]2OC(O)(C[C@@H](O)C[C@@H](O)C(O)CCC(O)CC(O)CC(=O)O[C@H]1C)C[C@H](O)[C@H]2C(=O)O. The Labute approximate surface area is 374 Å². The largest absolute Gasteiger partial charge is 0.481 e. The molecule has 5 unspecified atom stereocenters. The first-order valence-electron chi connectivity index (χ1n) is 21.9. The Kier molecular flexibility index (Phi) is 23.4. The van der Waals surface area contributed by atoms with Gasteiger partial charge in [-0.15, -0.1) is 0 Å². The van der Waals surface area contributed by atoms with Crippen molar-refractivity contribution in [1.82, 2.24) is 0 Å². The van der Waals surface area contributed by atoms with E-state index in [0.717, 1.165) is 0 Å². The zero-order valence-electron chi connectivity index (χ0n) is 36.7. The molecule has 0 aromatic rings. The van der Waals surface area contributed by atoms with Crippen LogP contribution in [0.2, 0.25) is 0 Å². The number of esters is 1. The molecule has 0 spiro atoms. The summed E-state index contributed by atoms with van der Waals surface area (Å²) in [5.74, 6) is -6.81. The molecule has 13 N–H and O–H groups in total. The summed E-state index contributed by atoms with van der Waals surface area (Å²) >= 11 is 0. The lowest BCUT2D eigenvalue weighted by Gasteiger charge is -2.45. The third-order valence-corrected chi connectivity index (χ3v) is 11.7. The minimum absolute atomic E-state index is 0.106. The number of hydrogen-bond donors (Lipinski definition) is 12. The monoisotopic (exact) mass is 909 g/mol. The predicted octanol–water partition coefficient (Wildman–Crippen LogP) is 0.323. The molecule has 18 atom stereocenters. The average molecular weight is 910 g/mol. The lowest BCUT2D eigenvalue weighted by atomic mass is 9.82. The highest BCUT2D eigenvalue weighted by molar-refractivity contribution is 5.71. The molecular formula is C46H71NO17. The van der Waals surface area contributed by atoms with Crippen LogP contribution in [0.3, 0.4) is 0 Å². The number of rotatable bonds is 3. The summed E-state index contributed by atoms with van der Waals surface area (Å²) in [5.41, 5.74) is 5.93. The first-order chi connectivity index (χ1) is 30.2. The van der Waals surface area contributed by atoms with Gasteiger partial charge in [0.2, 0.25) is 0 Å². The van der Waals surface area contributed by atoms with Crippen molar-refractivity contribution in [3.8, 4) is 0 Å². The Bertz CT molecular complexity index is 1630. The molecule has 2 fully saturated rings. The smallest absolute Gasteiger partial charge is 0.311 e. The highest BCUT2D eigenvalue weighted by atomic mass is 16.7. The number of nitrogens with two attached hydrogens (primary N) is 1. The molecule has 3 heterocycles. The van der Waals surface area contributed by atoms with E-state index in [0.29, 0.717) is 0 Å². The maximum Gasteiger partial charge on any atom is 0.311 e. The number of carboxylic acids is 1. The van der Waals surface area contributed by atoms with Gasteiger partial charge in [0, 0.05) is 37.5 Å². The molecule has 0 aliphatic carbocycles. The molecule has 0 aromatic heterocycles. The summed E-state index contributed by atoms with van der Waals surface area (Å²) in [6.07, 6.45) is 4.41. The van der Waals surface area contributed by atoms with Crippen LogP contribution in [-0.2, 0) is 28.5 Å². The minimum Gasteiger partial charge on any atom is -0.481 e. The number of carboxylic acid groups (broad SMARTS) is 1. The third kappa shape index (κ3) is 18.4. The van der Waals surface area contributed by atoms with Crippen LogP contribution >= 0.6 is 0 Å². The molecule has 18 heteroatoms. The van der Waals surface area contributed by atoms with E-state index in [2.05, 4.69) is 0 Å². The summed E-state index contributed by atoms with van der Waals surface area (Å²) < 4.78 is 22.8. The molecule has 2 bridgehead atoms. The van der Waals surface area contributed by atoms with Crippen LogP contribution in [0.25, 0.3) is 0 Å². The normalized spacial score (nSPS) is 44.8. The molecule has 3 aliphatic rings. The molecule has 0 aromatic carbocycles. The Hall–Kier alpha value is -3.44. The van der Waals surface area contributed by atoms with Crippen molar-refractivity contribution >= 4 is 11.9 Å². The van der Waals surface area contributed by atoms with Crippen LogP contribution in [0, 0.1) is 17.8 Å². The van der Waals surface area contributed by atoms with Gasteiger partial charge in [-0.1, -0.05) is 98.9 Å². The Balaban J connectivity index is 1.84. The van der Waals surface area contributed by atoms with E-state index in [9.17, 15) is 65.8 Å². The molecular weight excluding hydrogens is 838 g/mol. The van der Waals surface area contributed by atoms with E-state index in [1.54, 1.807) is 80.7 Å². The topological polar surface area (TPSA) is 320 Å². The number of aliphatic carboxylic acids is 1. The van der Waals surface area contributed by atoms with Gasteiger partial charge in [0.1, 0.15) is 18.1 Å². The number of allylic oxidation sites excluding steroid dienone is 12. The summed E-state index contributed by atoms with van der Waals surface area (Å²) in [5, 5.41) is 118. The number of cyclic esters (lactones) is 1. The van der Waals surface area contributed by atoms with Crippen LogP contribution < -0.4 is 5.73 Å². The van der Waals surface area contributed by atoms with Crippen LogP contribution in [-0.4, -0.2) is 166 Å². The fourth-order valence-electron chi connectivity index (χ4n) is 7.72. The molecule has 64 heavy (non-hydrogen) atoms. The summed E-state index contributed by atoms with van der Waals surface area (Å²) in [4.78, 5) is 25.0. The second-order valence-electron chi connectivity index (χ2n) is 17.1. The number of aliphatic hydroxyl groups is 10. The lowest BCUT2D eigenvalue weighted by Crippen LogP contribution is -2.59. The van der Waals surface area contributed by atoms with Crippen LogP contribution in [0.15, 0.2) is 85.1 Å². The van der Waals surface area contributed by atoms with Crippen molar-refractivity contribution in [3.05, 3.63) is 85.1 Å². The first kappa shape index (κ1) is 54.9. The van der Waals surface area contributed by atoms with Crippen molar-refractivity contribution in [2.45, 2.75) is 164 Å². The number of hydrogen-bond acceptors (Lipinski definition) is 17. The Morgan fingerprint density at radius 2 is 1.27 bits per heavy atom. The number of aliphatic hydroxyl groups excluding tert-OH is 9. The molecule has 2 saturated heterocycles. The van der Waals surface area contributed by atoms with Gasteiger partial charge < -0.3 is 80.9 Å². The number of carbonyl (C=O) groups excluding carboxylic acids is 1. The molecule has 3 aliphatic heterocycles. The molecule has 18 nitrogen and oxygen atoms in total. The zero-order valence-corrected chi connectivity index (χ0v) is 36.7. The number of ether oxygens (including phenoxy) is 4. The molecule has 362 valence electrons. The highest BCUT2D eigenvalue weighted by Crippen LogP contribution is 2.38. The first-order valence-corrected chi connectivity index (χ1v) is 21.9. The van der Waals surface area contributed by atoms with E-state index >= 15 is 0 Å². The van der Waals surface area contributed by atoms with Gasteiger partial charge in [-0.05, 0) is 26.2 Å². The molecule has 0 amide bonds.